The van der Waals surface area contributed by atoms with Gasteiger partial charge >= 0.3 is 0 Å². The fraction of sp³-hybridized carbons (Fsp3) is 0.235. The van der Waals surface area contributed by atoms with Gasteiger partial charge in [-0.05, 0) is 31.0 Å². The zero-order valence-electron chi connectivity index (χ0n) is 11.9. The molecule has 0 spiro atoms. The molecule has 0 saturated carbocycles. The molecular formula is C17H19N3. The number of imidazole rings is 1. The predicted octanol–water partition coefficient (Wildman–Crippen LogP) is 3.47. The highest BCUT2D eigenvalue weighted by Crippen LogP contribution is 2.15. The summed E-state index contributed by atoms with van der Waals surface area (Å²) in [6, 6.07) is 12.9. The lowest BCUT2D eigenvalue weighted by Gasteiger charge is -2.05. The van der Waals surface area contributed by atoms with Gasteiger partial charge in [0, 0.05) is 25.4 Å². The van der Waals surface area contributed by atoms with Crippen molar-refractivity contribution in [3.05, 3.63) is 65.7 Å². The monoisotopic (exact) mass is 265 g/mol. The highest BCUT2D eigenvalue weighted by Gasteiger charge is 2.04. The summed E-state index contributed by atoms with van der Waals surface area (Å²) in [6.45, 7) is 2.13. The highest BCUT2D eigenvalue weighted by atomic mass is 15.0. The number of benzene rings is 1. The number of anilines is 1. The Kier molecular flexibility index (Phi) is 3.42. The zero-order chi connectivity index (χ0) is 13.9. The van der Waals surface area contributed by atoms with E-state index in [4.69, 9.17) is 0 Å². The van der Waals surface area contributed by atoms with Crippen LogP contribution in [-0.2, 0) is 12.8 Å². The number of rotatable bonds is 4. The first kappa shape index (κ1) is 12.7. The summed E-state index contributed by atoms with van der Waals surface area (Å²) in [7, 11) is 1.93. The number of nitrogens with zero attached hydrogens (tertiary/aromatic N) is 2. The smallest absolute Gasteiger partial charge is 0.113 e. The van der Waals surface area contributed by atoms with Gasteiger partial charge in [-0.15, -0.1) is 0 Å². The highest BCUT2D eigenvalue weighted by molar-refractivity contribution is 5.57. The van der Waals surface area contributed by atoms with E-state index in [9.17, 15) is 0 Å². The summed E-state index contributed by atoms with van der Waals surface area (Å²) in [5.41, 5.74) is 4.93. The van der Waals surface area contributed by atoms with Crippen LogP contribution in [0.4, 0.5) is 5.69 Å². The number of hydrogen-bond donors (Lipinski definition) is 1. The molecular weight excluding hydrogens is 246 g/mol. The van der Waals surface area contributed by atoms with Gasteiger partial charge in [-0.2, -0.15) is 0 Å². The van der Waals surface area contributed by atoms with E-state index in [-0.39, 0.29) is 0 Å². The van der Waals surface area contributed by atoms with Gasteiger partial charge < -0.3 is 9.72 Å². The molecule has 0 atom stereocenters. The molecule has 3 rings (SSSR count). The van der Waals surface area contributed by atoms with Crippen LogP contribution in [-0.4, -0.2) is 16.4 Å². The predicted molar refractivity (Wildman–Crippen MR) is 83.3 cm³/mol. The molecule has 20 heavy (non-hydrogen) atoms. The third-order valence-corrected chi connectivity index (χ3v) is 3.62. The van der Waals surface area contributed by atoms with Crippen molar-refractivity contribution in [2.24, 2.45) is 0 Å². The Morgan fingerprint density at radius 1 is 1.15 bits per heavy atom. The summed E-state index contributed by atoms with van der Waals surface area (Å²) in [5.74, 6) is 1.11. The van der Waals surface area contributed by atoms with E-state index in [1.807, 2.05) is 13.2 Å². The molecule has 3 aromatic rings. The Morgan fingerprint density at radius 2 is 2.05 bits per heavy atom. The van der Waals surface area contributed by atoms with Crippen molar-refractivity contribution < 1.29 is 0 Å². The van der Waals surface area contributed by atoms with Crippen LogP contribution in [0.25, 0.3) is 5.52 Å². The molecule has 0 aliphatic rings. The topological polar surface area (TPSA) is 29.3 Å². The van der Waals surface area contributed by atoms with Crippen molar-refractivity contribution >= 4 is 11.2 Å². The lowest BCUT2D eigenvalue weighted by atomic mass is 10.1. The van der Waals surface area contributed by atoms with Crippen LogP contribution in [0.2, 0.25) is 0 Å². The maximum Gasteiger partial charge on any atom is 0.113 e. The molecule has 0 radical (unpaired) electrons. The van der Waals surface area contributed by atoms with Crippen molar-refractivity contribution in [1.29, 1.82) is 0 Å². The second-order valence-corrected chi connectivity index (χ2v) is 5.12. The summed E-state index contributed by atoms with van der Waals surface area (Å²) < 4.78 is 2.16. The van der Waals surface area contributed by atoms with Crippen molar-refractivity contribution in [2.75, 3.05) is 12.4 Å². The van der Waals surface area contributed by atoms with Gasteiger partial charge in [0.1, 0.15) is 5.82 Å². The summed E-state index contributed by atoms with van der Waals surface area (Å²) >= 11 is 0. The SMILES string of the molecule is CNc1ccn2c(CCc3cccc(C)c3)ncc2c1. The van der Waals surface area contributed by atoms with Crippen molar-refractivity contribution in [1.82, 2.24) is 9.38 Å². The third-order valence-electron chi connectivity index (χ3n) is 3.62. The molecule has 0 bridgehead atoms. The number of aryl methyl sites for hydroxylation is 3. The normalized spacial score (nSPS) is 10.9. The van der Waals surface area contributed by atoms with Crippen LogP contribution in [0.1, 0.15) is 17.0 Å². The molecule has 2 heterocycles. The van der Waals surface area contributed by atoms with Crippen molar-refractivity contribution in [3.8, 4) is 0 Å². The molecule has 0 aliphatic carbocycles. The molecule has 3 nitrogen and oxygen atoms in total. The first-order valence-corrected chi connectivity index (χ1v) is 6.95. The maximum atomic E-state index is 4.54. The molecule has 0 unspecified atom stereocenters. The number of pyridine rings is 1. The molecule has 0 amide bonds. The second kappa shape index (κ2) is 5.37. The van der Waals surface area contributed by atoms with Crippen molar-refractivity contribution in [2.45, 2.75) is 19.8 Å². The largest absolute Gasteiger partial charge is 0.388 e. The number of hydrogen-bond acceptors (Lipinski definition) is 2. The van der Waals surface area contributed by atoms with Gasteiger partial charge in [0.05, 0.1) is 11.7 Å². The number of aromatic nitrogens is 2. The van der Waals surface area contributed by atoms with Crippen LogP contribution in [0.15, 0.2) is 48.8 Å². The summed E-state index contributed by atoms with van der Waals surface area (Å²) in [6.07, 6.45) is 6.00. The number of nitrogens with one attached hydrogen (secondary N) is 1. The van der Waals surface area contributed by atoms with Gasteiger partial charge in [-0.25, -0.2) is 4.98 Å². The molecule has 0 fully saturated rings. The minimum Gasteiger partial charge on any atom is -0.388 e. The molecule has 3 heteroatoms. The Labute approximate surface area is 119 Å². The quantitative estimate of drug-likeness (QED) is 0.782. The second-order valence-electron chi connectivity index (χ2n) is 5.12. The first-order valence-electron chi connectivity index (χ1n) is 6.95. The molecule has 0 aliphatic heterocycles. The first-order chi connectivity index (χ1) is 9.76. The van der Waals surface area contributed by atoms with E-state index < -0.39 is 0 Å². The summed E-state index contributed by atoms with van der Waals surface area (Å²) in [4.78, 5) is 4.54. The van der Waals surface area contributed by atoms with Gasteiger partial charge in [-0.3, -0.25) is 0 Å². The standard InChI is InChI=1S/C17H19N3/c1-13-4-3-5-14(10-13)6-7-17-19-12-16-11-15(18-2)8-9-20(16)17/h3-5,8-12,18H,6-7H2,1-2H3. The van der Waals surface area contributed by atoms with E-state index in [0.29, 0.717) is 0 Å². The fourth-order valence-electron chi connectivity index (χ4n) is 2.52. The number of fused-ring (bicyclic) bond motifs is 1. The van der Waals surface area contributed by atoms with Crippen LogP contribution in [0.5, 0.6) is 0 Å². The van der Waals surface area contributed by atoms with Gasteiger partial charge in [0.25, 0.3) is 0 Å². The average molecular weight is 265 g/mol. The van der Waals surface area contributed by atoms with Crippen LogP contribution < -0.4 is 5.32 Å². The van der Waals surface area contributed by atoms with Crippen molar-refractivity contribution in [3.63, 3.8) is 0 Å². The minimum absolute atomic E-state index is 0.955. The molecule has 102 valence electrons. The van der Waals surface area contributed by atoms with E-state index >= 15 is 0 Å². The molecule has 0 saturated heterocycles. The van der Waals surface area contributed by atoms with Crippen LogP contribution >= 0.6 is 0 Å². The third kappa shape index (κ3) is 2.52. The van der Waals surface area contributed by atoms with Gasteiger partial charge in [-0.1, -0.05) is 29.8 Å². The lowest BCUT2D eigenvalue weighted by Crippen LogP contribution is -1.99. The van der Waals surface area contributed by atoms with Gasteiger partial charge in [0.2, 0.25) is 0 Å². The summed E-state index contributed by atoms with van der Waals surface area (Å²) in [5, 5.41) is 3.15. The maximum absolute atomic E-state index is 4.54. The molecule has 1 N–H and O–H groups in total. The van der Waals surface area contributed by atoms with Gasteiger partial charge in [0.15, 0.2) is 0 Å². The van der Waals surface area contributed by atoms with Crippen LogP contribution in [0.3, 0.4) is 0 Å². The van der Waals surface area contributed by atoms with E-state index in [1.54, 1.807) is 0 Å². The Morgan fingerprint density at radius 3 is 2.85 bits per heavy atom. The minimum atomic E-state index is 0.955. The average Bonchev–Trinajstić information content (AvgIpc) is 2.87. The Hall–Kier alpha value is -2.29. The Bertz CT molecular complexity index is 728. The van der Waals surface area contributed by atoms with E-state index in [1.165, 1.54) is 11.1 Å². The molecule has 2 aromatic heterocycles. The van der Waals surface area contributed by atoms with E-state index in [0.717, 1.165) is 29.9 Å². The zero-order valence-corrected chi connectivity index (χ0v) is 11.9. The Balaban J connectivity index is 1.81. The lowest BCUT2D eigenvalue weighted by molar-refractivity contribution is 0.853. The fourth-order valence-corrected chi connectivity index (χ4v) is 2.52. The molecule has 1 aromatic carbocycles. The van der Waals surface area contributed by atoms with Crippen LogP contribution in [0, 0.1) is 6.92 Å². The van der Waals surface area contributed by atoms with E-state index in [2.05, 4.69) is 64.2 Å².